The maximum Gasteiger partial charge on any atom is 0.332 e. The van der Waals surface area contributed by atoms with Crippen LogP contribution in [0.25, 0.3) is 10.9 Å². The predicted molar refractivity (Wildman–Crippen MR) is 154 cm³/mol. The van der Waals surface area contributed by atoms with Crippen molar-refractivity contribution in [1.29, 1.82) is 0 Å². The van der Waals surface area contributed by atoms with Gasteiger partial charge in [0.15, 0.2) is 0 Å². The van der Waals surface area contributed by atoms with E-state index in [4.69, 9.17) is 0 Å². The van der Waals surface area contributed by atoms with Crippen LogP contribution in [0.3, 0.4) is 0 Å². The van der Waals surface area contributed by atoms with E-state index in [1.54, 1.807) is 29.2 Å². The number of para-hydroxylation sites is 1. The summed E-state index contributed by atoms with van der Waals surface area (Å²) in [5.74, 6) is -0.350. The first-order valence-electron chi connectivity index (χ1n) is 14.2. The van der Waals surface area contributed by atoms with Gasteiger partial charge >= 0.3 is 6.03 Å². The Hall–Kier alpha value is -4.39. The van der Waals surface area contributed by atoms with Crippen LogP contribution in [-0.2, 0) is 11.2 Å². The summed E-state index contributed by atoms with van der Waals surface area (Å²) in [5, 5.41) is 4.22. The van der Waals surface area contributed by atoms with Crippen LogP contribution in [0.2, 0.25) is 0 Å². The van der Waals surface area contributed by atoms with E-state index in [-0.39, 0.29) is 23.9 Å². The van der Waals surface area contributed by atoms with Gasteiger partial charge in [0.2, 0.25) is 0 Å². The molecule has 7 rings (SSSR count). The molecule has 0 bridgehead atoms. The average Bonchev–Trinajstić information content (AvgIpc) is 3.47. The van der Waals surface area contributed by atoms with E-state index in [0.717, 1.165) is 59.0 Å². The highest BCUT2D eigenvalue weighted by atomic mass is 16.2. The van der Waals surface area contributed by atoms with Gasteiger partial charge in [-0.05, 0) is 61.2 Å². The number of nitrogens with zero attached hydrogens (tertiary/aromatic N) is 2. The predicted octanol–water partition coefficient (Wildman–Crippen LogP) is 6.02. The standard InChI is InChI=1S/C33H32N4O3/c1-20-11-13-21(14-12-20)30-29-26(25-9-5-6-10-27(25)35-29)19-28-32(39)36(33(40)37(28)30)24-17-15-22(16-18-24)31(38)34-23-7-3-2-4-8-23/h5-6,9-18,23,28,30,35H,2-4,7-8,19H2,1H3,(H,34,38)/t28-,30?/m0/s1. The second-order valence-corrected chi connectivity index (χ2v) is 11.3. The van der Waals surface area contributed by atoms with Gasteiger partial charge in [-0.15, -0.1) is 0 Å². The van der Waals surface area contributed by atoms with Crippen LogP contribution in [0.4, 0.5) is 10.5 Å². The Morgan fingerprint density at radius 2 is 1.62 bits per heavy atom. The number of carbonyl (C=O) groups is 3. The first-order valence-corrected chi connectivity index (χ1v) is 14.2. The summed E-state index contributed by atoms with van der Waals surface area (Å²) in [7, 11) is 0. The second-order valence-electron chi connectivity index (χ2n) is 11.3. The van der Waals surface area contributed by atoms with Crippen molar-refractivity contribution in [3.63, 3.8) is 0 Å². The number of H-pyrrole nitrogens is 1. The maximum atomic E-state index is 14.0. The van der Waals surface area contributed by atoms with Crippen LogP contribution in [0.1, 0.15) is 70.9 Å². The summed E-state index contributed by atoms with van der Waals surface area (Å²) in [6, 6.07) is 21.9. The molecule has 1 saturated heterocycles. The third kappa shape index (κ3) is 3.99. The number of imide groups is 1. The lowest BCUT2D eigenvalue weighted by atomic mass is 9.88. The van der Waals surface area contributed by atoms with Gasteiger partial charge in [0.25, 0.3) is 11.8 Å². The molecule has 3 heterocycles. The summed E-state index contributed by atoms with van der Waals surface area (Å²) in [5.41, 5.74) is 6.15. The number of urea groups is 1. The van der Waals surface area contributed by atoms with E-state index < -0.39 is 12.1 Å². The third-order valence-electron chi connectivity index (χ3n) is 8.77. The number of aryl methyl sites for hydroxylation is 1. The molecule has 7 nitrogen and oxygen atoms in total. The molecule has 3 aliphatic rings. The van der Waals surface area contributed by atoms with Crippen molar-refractivity contribution < 1.29 is 14.4 Å². The third-order valence-corrected chi connectivity index (χ3v) is 8.77. The van der Waals surface area contributed by atoms with E-state index >= 15 is 0 Å². The zero-order valence-electron chi connectivity index (χ0n) is 22.5. The van der Waals surface area contributed by atoms with Crippen LogP contribution in [0, 0.1) is 6.92 Å². The number of hydrogen-bond donors (Lipinski definition) is 2. The molecule has 2 aliphatic heterocycles. The molecule has 2 fully saturated rings. The van der Waals surface area contributed by atoms with E-state index in [2.05, 4.69) is 16.4 Å². The summed E-state index contributed by atoms with van der Waals surface area (Å²) in [6.45, 7) is 2.03. The Morgan fingerprint density at radius 3 is 2.38 bits per heavy atom. The molecule has 4 aromatic rings. The van der Waals surface area contributed by atoms with Gasteiger partial charge in [0, 0.05) is 34.6 Å². The first-order chi connectivity index (χ1) is 19.5. The molecule has 1 unspecified atom stereocenters. The summed E-state index contributed by atoms with van der Waals surface area (Å²) < 4.78 is 0. The Balaban J connectivity index is 1.22. The van der Waals surface area contributed by atoms with Gasteiger partial charge in [0.05, 0.1) is 5.69 Å². The summed E-state index contributed by atoms with van der Waals surface area (Å²) >= 11 is 0. The van der Waals surface area contributed by atoms with Gasteiger partial charge < -0.3 is 10.3 Å². The van der Waals surface area contributed by atoms with Crippen molar-refractivity contribution >= 4 is 34.4 Å². The molecule has 2 N–H and O–H groups in total. The SMILES string of the molecule is Cc1ccc(C2c3[nH]c4ccccc4c3C[C@H]3C(=O)N(c4ccc(C(=O)NC5CCCCC5)cc4)C(=O)N23)cc1. The Bertz CT molecular complexity index is 1620. The van der Waals surface area contributed by atoms with E-state index in [1.807, 2.05) is 49.4 Å². The van der Waals surface area contributed by atoms with Gasteiger partial charge in [-0.2, -0.15) is 0 Å². The molecule has 1 aliphatic carbocycles. The fraction of sp³-hybridized carbons (Fsp3) is 0.303. The molecular formula is C33H32N4O3. The van der Waals surface area contributed by atoms with Crippen LogP contribution >= 0.6 is 0 Å². The highest BCUT2D eigenvalue weighted by Gasteiger charge is 2.53. The normalized spacial score (nSPS) is 21.0. The largest absolute Gasteiger partial charge is 0.356 e. The molecular weight excluding hydrogens is 500 g/mol. The molecule has 40 heavy (non-hydrogen) atoms. The fourth-order valence-corrected chi connectivity index (χ4v) is 6.68. The summed E-state index contributed by atoms with van der Waals surface area (Å²) in [4.78, 5) is 47.4. The molecule has 1 aromatic heterocycles. The van der Waals surface area contributed by atoms with Crippen LogP contribution in [-0.4, -0.2) is 39.8 Å². The Morgan fingerprint density at radius 1 is 0.900 bits per heavy atom. The molecule has 1 saturated carbocycles. The smallest absolute Gasteiger partial charge is 0.332 e. The van der Waals surface area contributed by atoms with Gasteiger partial charge in [-0.1, -0.05) is 67.3 Å². The zero-order valence-corrected chi connectivity index (χ0v) is 22.5. The van der Waals surface area contributed by atoms with Gasteiger partial charge in [-0.25, -0.2) is 9.69 Å². The number of aromatic nitrogens is 1. The minimum atomic E-state index is -0.611. The second kappa shape index (κ2) is 9.66. The number of anilines is 1. The molecule has 202 valence electrons. The number of aromatic amines is 1. The average molecular weight is 533 g/mol. The quantitative estimate of drug-likeness (QED) is 0.315. The van der Waals surface area contributed by atoms with Gasteiger partial charge in [0.1, 0.15) is 12.1 Å². The van der Waals surface area contributed by atoms with Crippen molar-refractivity contribution in [3.8, 4) is 0 Å². The monoisotopic (exact) mass is 532 g/mol. The van der Waals surface area contributed by atoms with Gasteiger partial charge in [-0.3, -0.25) is 14.5 Å². The number of amides is 4. The number of rotatable bonds is 4. The lowest BCUT2D eigenvalue weighted by Gasteiger charge is -2.36. The number of fused-ring (bicyclic) bond motifs is 4. The lowest BCUT2D eigenvalue weighted by molar-refractivity contribution is -0.120. The van der Waals surface area contributed by atoms with Crippen molar-refractivity contribution in [2.75, 3.05) is 4.90 Å². The lowest BCUT2D eigenvalue weighted by Crippen LogP contribution is -2.44. The Labute approximate surface area is 233 Å². The number of carbonyl (C=O) groups excluding carboxylic acids is 3. The highest BCUT2D eigenvalue weighted by molar-refractivity contribution is 6.22. The highest BCUT2D eigenvalue weighted by Crippen LogP contribution is 2.44. The number of hydrogen-bond acceptors (Lipinski definition) is 3. The van der Waals surface area contributed by atoms with Crippen molar-refractivity contribution in [2.45, 2.75) is 63.6 Å². The molecule has 3 aromatic carbocycles. The fourth-order valence-electron chi connectivity index (χ4n) is 6.68. The minimum Gasteiger partial charge on any atom is -0.356 e. The molecule has 4 amide bonds. The van der Waals surface area contributed by atoms with Crippen LogP contribution in [0.5, 0.6) is 0 Å². The maximum absolute atomic E-state index is 14.0. The topological polar surface area (TPSA) is 85.5 Å². The zero-order chi connectivity index (χ0) is 27.4. The number of nitrogens with one attached hydrogen (secondary N) is 2. The molecule has 7 heteroatoms. The van der Waals surface area contributed by atoms with Crippen molar-refractivity contribution in [2.24, 2.45) is 0 Å². The molecule has 0 radical (unpaired) electrons. The molecule has 0 spiro atoms. The van der Waals surface area contributed by atoms with E-state index in [1.165, 1.54) is 11.3 Å². The Kier molecular flexibility index (Phi) is 5.95. The summed E-state index contributed by atoms with van der Waals surface area (Å²) in [6.07, 6.45) is 5.98. The van der Waals surface area contributed by atoms with E-state index in [0.29, 0.717) is 17.7 Å². The van der Waals surface area contributed by atoms with Crippen molar-refractivity contribution in [1.82, 2.24) is 15.2 Å². The number of benzene rings is 3. The minimum absolute atomic E-state index is 0.111. The first kappa shape index (κ1) is 24.6. The van der Waals surface area contributed by atoms with Crippen molar-refractivity contribution in [3.05, 3.63) is 101 Å². The molecule has 2 atom stereocenters. The van der Waals surface area contributed by atoms with E-state index in [9.17, 15) is 14.4 Å². The van der Waals surface area contributed by atoms with Crippen LogP contribution in [0.15, 0.2) is 72.8 Å². The van der Waals surface area contributed by atoms with Crippen LogP contribution < -0.4 is 10.2 Å².